The molecule has 2 aromatic rings. The second-order valence-electron chi connectivity index (χ2n) is 3.51. The Morgan fingerprint density at radius 2 is 2.41 bits per heavy atom. The Morgan fingerprint density at radius 3 is 2.94 bits per heavy atom. The van der Waals surface area contributed by atoms with Crippen molar-refractivity contribution < 1.29 is 14.4 Å². The lowest BCUT2D eigenvalue weighted by Gasteiger charge is -1.95. The normalized spacial score (nSPS) is 10.7. The molecular weight excluding hydrogens is 306 g/mol. The molecule has 0 aliphatic carbocycles. The first-order valence-corrected chi connectivity index (χ1v) is 6.77. The molecule has 0 bridgehead atoms. The van der Waals surface area contributed by atoms with Gasteiger partial charge < -0.3 is 9.63 Å². The van der Waals surface area contributed by atoms with E-state index in [4.69, 9.17) is 4.52 Å². The molecule has 17 heavy (non-hydrogen) atoms. The zero-order valence-electron chi connectivity index (χ0n) is 9.07. The molecule has 90 valence electrons. The number of hydrogen-bond donors (Lipinski definition) is 1. The largest absolute Gasteiger partial charge is 0.477 e. The van der Waals surface area contributed by atoms with Crippen molar-refractivity contribution >= 4 is 33.2 Å². The Hall–Kier alpha value is -1.14. The van der Waals surface area contributed by atoms with Crippen LogP contribution >= 0.6 is 27.3 Å². The molecule has 0 saturated heterocycles. The minimum absolute atomic E-state index is 0.182. The van der Waals surface area contributed by atoms with Crippen molar-refractivity contribution in [2.45, 2.75) is 19.8 Å². The molecule has 0 radical (unpaired) electrons. The lowest BCUT2D eigenvalue weighted by atomic mass is 10.1. The molecule has 6 heteroatoms. The number of carboxylic acids is 1. The number of aromatic nitrogens is 1. The van der Waals surface area contributed by atoms with E-state index in [1.807, 2.05) is 18.4 Å². The van der Waals surface area contributed by atoms with E-state index in [0.29, 0.717) is 17.9 Å². The first-order valence-electron chi connectivity index (χ1n) is 5.09. The van der Waals surface area contributed by atoms with E-state index in [9.17, 15) is 9.90 Å². The lowest BCUT2D eigenvalue weighted by molar-refractivity contribution is 0.0695. The molecule has 1 N–H and O–H groups in total. The van der Waals surface area contributed by atoms with Crippen LogP contribution in [0.5, 0.6) is 0 Å². The number of carboxylic acid groups (broad SMARTS) is 1. The van der Waals surface area contributed by atoms with Crippen LogP contribution in [0, 0.1) is 0 Å². The van der Waals surface area contributed by atoms with Crippen LogP contribution < -0.4 is 0 Å². The summed E-state index contributed by atoms with van der Waals surface area (Å²) in [4.78, 5) is 12.0. The Balaban J connectivity index is 2.50. The number of rotatable bonds is 4. The summed E-state index contributed by atoms with van der Waals surface area (Å²) in [5, 5.41) is 15.0. The maximum absolute atomic E-state index is 11.3. The van der Waals surface area contributed by atoms with E-state index >= 15 is 0 Å². The molecule has 4 nitrogen and oxygen atoms in total. The summed E-state index contributed by atoms with van der Waals surface area (Å²) in [5.41, 5.74) is 0.595. The molecule has 0 unspecified atom stereocenters. The number of nitrogens with zero attached hydrogens (tertiary/aromatic N) is 1. The van der Waals surface area contributed by atoms with Crippen molar-refractivity contribution in [1.29, 1.82) is 0 Å². The van der Waals surface area contributed by atoms with E-state index in [1.165, 1.54) is 11.3 Å². The summed E-state index contributed by atoms with van der Waals surface area (Å²) in [7, 11) is 0. The quantitative estimate of drug-likeness (QED) is 0.931. The van der Waals surface area contributed by atoms with Crippen LogP contribution in [-0.4, -0.2) is 16.2 Å². The topological polar surface area (TPSA) is 63.3 Å². The van der Waals surface area contributed by atoms with Gasteiger partial charge in [-0.2, -0.15) is 0 Å². The second-order valence-corrected chi connectivity index (χ2v) is 5.34. The predicted octanol–water partition coefficient (Wildman–Crippen LogP) is 3.82. The van der Waals surface area contributed by atoms with Gasteiger partial charge in [0.05, 0.1) is 4.88 Å². The number of carbonyl (C=O) groups is 1. The third-order valence-electron chi connectivity index (χ3n) is 2.25. The molecule has 2 rings (SSSR count). The first-order chi connectivity index (χ1) is 8.13. The number of hydrogen-bond acceptors (Lipinski definition) is 4. The van der Waals surface area contributed by atoms with Gasteiger partial charge in [0.25, 0.3) is 0 Å². The van der Waals surface area contributed by atoms with Crippen molar-refractivity contribution in [1.82, 2.24) is 5.16 Å². The SMILES string of the molecule is CCCc1onc(-c2cc(Br)cs2)c1C(=O)O. The van der Waals surface area contributed by atoms with Crippen LogP contribution in [0.25, 0.3) is 10.6 Å². The van der Waals surface area contributed by atoms with Crippen LogP contribution in [0.2, 0.25) is 0 Å². The monoisotopic (exact) mass is 315 g/mol. The molecule has 2 aromatic heterocycles. The number of thiophene rings is 1. The molecule has 0 spiro atoms. The Morgan fingerprint density at radius 1 is 1.65 bits per heavy atom. The van der Waals surface area contributed by atoms with Crippen LogP contribution in [-0.2, 0) is 6.42 Å². The highest BCUT2D eigenvalue weighted by atomic mass is 79.9. The smallest absolute Gasteiger partial charge is 0.341 e. The van der Waals surface area contributed by atoms with Crippen LogP contribution in [0.1, 0.15) is 29.5 Å². The third kappa shape index (κ3) is 2.42. The average molecular weight is 316 g/mol. The van der Waals surface area contributed by atoms with Crippen molar-refractivity contribution in [3.8, 4) is 10.6 Å². The molecule has 0 saturated carbocycles. The second kappa shape index (κ2) is 5.01. The van der Waals surface area contributed by atoms with E-state index in [-0.39, 0.29) is 5.56 Å². The van der Waals surface area contributed by atoms with E-state index < -0.39 is 5.97 Å². The molecule has 0 amide bonds. The summed E-state index contributed by atoms with van der Waals surface area (Å²) in [5.74, 6) is -0.547. The van der Waals surface area contributed by atoms with Gasteiger partial charge in [-0.1, -0.05) is 12.1 Å². The highest BCUT2D eigenvalue weighted by Crippen LogP contribution is 2.33. The number of halogens is 1. The highest BCUT2D eigenvalue weighted by molar-refractivity contribution is 9.10. The summed E-state index contributed by atoms with van der Waals surface area (Å²) in [6.45, 7) is 1.97. The van der Waals surface area contributed by atoms with Crippen molar-refractivity contribution in [3.63, 3.8) is 0 Å². The maximum atomic E-state index is 11.3. The van der Waals surface area contributed by atoms with Gasteiger partial charge in [0, 0.05) is 16.3 Å². The fourth-order valence-electron chi connectivity index (χ4n) is 1.55. The molecule has 2 heterocycles. The summed E-state index contributed by atoms with van der Waals surface area (Å²) < 4.78 is 6.03. The molecule has 0 fully saturated rings. The molecule has 0 atom stereocenters. The molecular formula is C11H10BrNO3S. The Labute approximate surface area is 110 Å². The molecule has 0 aliphatic heterocycles. The van der Waals surface area contributed by atoms with Gasteiger partial charge in [0.1, 0.15) is 11.3 Å². The predicted molar refractivity (Wildman–Crippen MR) is 68.5 cm³/mol. The summed E-state index contributed by atoms with van der Waals surface area (Å²) in [6, 6.07) is 1.84. The Bertz CT molecular complexity index is 547. The van der Waals surface area contributed by atoms with Crippen molar-refractivity contribution in [2.75, 3.05) is 0 Å². The van der Waals surface area contributed by atoms with E-state index in [2.05, 4.69) is 21.1 Å². The van der Waals surface area contributed by atoms with E-state index in [0.717, 1.165) is 15.8 Å². The fraction of sp³-hybridized carbons (Fsp3) is 0.273. The zero-order valence-corrected chi connectivity index (χ0v) is 11.5. The van der Waals surface area contributed by atoms with Gasteiger partial charge in [-0.3, -0.25) is 0 Å². The van der Waals surface area contributed by atoms with Gasteiger partial charge in [-0.05, 0) is 28.4 Å². The minimum atomic E-state index is -0.991. The Kier molecular flexibility index (Phi) is 3.63. The van der Waals surface area contributed by atoms with Gasteiger partial charge in [0.2, 0.25) is 0 Å². The first kappa shape index (κ1) is 12.3. The van der Waals surface area contributed by atoms with Gasteiger partial charge >= 0.3 is 5.97 Å². The molecule has 0 aliphatic rings. The zero-order chi connectivity index (χ0) is 12.4. The number of aryl methyl sites for hydroxylation is 1. The molecule has 0 aromatic carbocycles. The van der Waals surface area contributed by atoms with Crippen molar-refractivity contribution in [2.24, 2.45) is 0 Å². The van der Waals surface area contributed by atoms with Gasteiger partial charge in [-0.25, -0.2) is 4.79 Å². The summed E-state index contributed by atoms with van der Waals surface area (Å²) in [6.07, 6.45) is 1.41. The van der Waals surface area contributed by atoms with Crippen LogP contribution in [0.4, 0.5) is 0 Å². The van der Waals surface area contributed by atoms with Gasteiger partial charge in [-0.15, -0.1) is 11.3 Å². The standard InChI is InChI=1S/C11H10BrNO3S/c1-2-3-7-9(11(14)15)10(13-16-7)8-4-6(12)5-17-8/h4-5H,2-3H2,1H3,(H,14,15). The van der Waals surface area contributed by atoms with Gasteiger partial charge in [0.15, 0.2) is 5.76 Å². The third-order valence-corrected chi connectivity index (χ3v) is 3.95. The fourth-order valence-corrected chi connectivity index (χ4v) is 2.96. The highest BCUT2D eigenvalue weighted by Gasteiger charge is 2.23. The van der Waals surface area contributed by atoms with Crippen LogP contribution in [0.3, 0.4) is 0 Å². The lowest BCUT2D eigenvalue weighted by Crippen LogP contribution is -2.00. The average Bonchev–Trinajstić information content (AvgIpc) is 2.84. The minimum Gasteiger partial charge on any atom is -0.477 e. The van der Waals surface area contributed by atoms with E-state index in [1.54, 1.807) is 0 Å². The number of aromatic carboxylic acids is 1. The van der Waals surface area contributed by atoms with Crippen LogP contribution in [0.15, 0.2) is 20.4 Å². The van der Waals surface area contributed by atoms with Crippen molar-refractivity contribution in [3.05, 3.63) is 27.2 Å². The maximum Gasteiger partial charge on any atom is 0.341 e. The summed E-state index contributed by atoms with van der Waals surface area (Å²) >= 11 is 4.77.